The van der Waals surface area contributed by atoms with Crippen LogP contribution in [0.3, 0.4) is 0 Å². The average Bonchev–Trinajstić information content (AvgIpc) is 2.74. The second-order valence-corrected chi connectivity index (χ2v) is 7.43. The van der Waals surface area contributed by atoms with Gasteiger partial charge in [-0.15, -0.1) is 0 Å². The molecule has 0 aliphatic carbocycles. The van der Waals surface area contributed by atoms with Crippen molar-refractivity contribution in [2.75, 3.05) is 64.3 Å². The summed E-state index contributed by atoms with van der Waals surface area (Å²) in [5.74, 6) is 1.79. The lowest BCUT2D eigenvalue weighted by molar-refractivity contribution is 0.242. The Morgan fingerprint density at radius 2 is 1.17 bits per heavy atom. The molecule has 0 aromatic heterocycles. The van der Waals surface area contributed by atoms with Crippen molar-refractivity contribution in [2.45, 2.75) is 60.3 Å². The molecule has 5 heteroatoms. The van der Waals surface area contributed by atoms with Gasteiger partial charge >= 0.3 is 0 Å². The van der Waals surface area contributed by atoms with Crippen LogP contribution >= 0.6 is 0 Å². The fourth-order valence-corrected chi connectivity index (χ4v) is 3.29. The van der Waals surface area contributed by atoms with Crippen LogP contribution in [0, 0.1) is 0 Å². The Kier molecular flexibility index (Phi) is 14.4. The summed E-state index contributed by atoms with van der Waals surface area (Å²) >= 11 is 0. The summed E-state index contributed by atoms with van der Waals surface area (Å²) in [6, 6.07) is 6.21. The number of hydrogen-bond acceptors (Lipinski definition) is 5. The van der Waals surface area contributed by atoms with Gasteiger partial charge in [0.25, 0.3) is 0 Å². The number of nitrogens with zero attached hydrogens (tertiary/aromatic N) is 2. The molecule has 0 atom stereocenters. The third-order valence-electron chi connectivity index (χ3n) is 5.30. The fraction of sp³-hybridized carbons (Fsp3) is 0.750. The van der Waals surface area contributed by atoms with Gasteiger partial charge < -0.3 is 24.6 Å². The summed E-state index contributed by atoms with van der Waals surface area (Å²) in [5, 5.41) is 3.50. The van der Waals surface area contributed by atoms with Gasteiger partial charge in [-0.25, -0.2) is 0 Å². The van der Waals surface area contributed by atoms with Crippen LogP contribution in [0.1, 0.15) is 60.3 Å². The number of nitrogens with one attached hydrogen (secondary N) is 1. The minimum atomic E-state index is 0.732. The van der Waals surface area contributed by atoms with Gasteiger partial charge in [0.05, 0.1) is 13.2 Å². The van der Waals surface area contributed by atoms with E-state index in [0.717, 1.165) is 95.5 Å². The van der Waals surface area contributed by atoms with E-state index < -0.39 is 0 Å². The molecule has 0 saturated heterocycles. The number of rotatable bonds is 18. The lowest BCUT2D eigenvalue weighted by Crippen LogP contribution is -2.25. The molecule has 0 radical (unpaired) electrons. The predicted octanol–water partition coefficient (Wildman–Crippen LogP) is 5.12. The highest BCUT2D eigenvalue weighted by Crippen LogP contribution is 2.26. The Morgan fingerprint density at radius 1 is 0.690 bits per heavy atom. The average molecular weight is 408 g/mol. The maximum Gasteiger partial charge on any atom is 0.125 e. The predicted molar refractivity (Wildman–Crippen MR) is 126 cm³/mol. The maximum absolute atomic E-state index is 6.06. The first-order valence-electron chi connectivity index (χ1n) is 11.8. The van der Waals surface area contributed by atoms with E-state index in [2.05, 4.69) is 61.9 Å². The molecule has 1 rings (SSSR count). The number of unbranched alkanes of at least 4 members (excludes halogenated alkanes) is 1. The minimum absolute atomic E-state index is 0.732. The molecule has 0 heterocycles. The quantitative estimate of drug-likeness (QED) is 0.342. The molecule has 5 nitrogen and oxygen atoms in total. The van der Waals surface area contributed by atoms with E-state index in [0.29, 0.717) is 0 Å². The Bertz CT molecular complexity index is 479. The van der Waals surface area contributed by atoms with E-state index in [9.17, 15) is 0 Å². The molecule has 0 spiro atoms. The highest BCUT2D eigenvalue weighted by molar-refractivity contribution is 5.53. The zero-order chi connectivity index (χ0) is 21.3. The SMILES string of the molecule is CCCCNc1cc(OCCCN(CC)CC)cc(OCCCN(CC)CC)c1. The van der Waals surface area contributed by atoms with Crippen molar-refractivity contribution < 1.29 is 9.47 Å². The summed E-state index contributed by atoms with van der Waals surface area (Å²) in [4.78, 5) is 4.85. The van der Waals surface area contributed by atoms with Crippen molar-refractivity contribution in [3.05, 3.63) is 18.2 Å². The molecule has 1 aromatic rings. The Morgan fingerprint density at radius 3 is 1.59 bits per heavy atom. The van der Waals surface area contributed by atoms with E-state index in [1.807, 2.05) is 6.07 Å². The van der Waals surface area contributed by atoms with Crippen molar-refractivity contribution in [3.8, 4) is 11.5 Å². The summed E-state index contributed by atoms with van der Waals surface area (Å²) in [5.41, 5.74) is 1.08. The molecule has 0 aliphatic heterocycles. The van der Waals surface area contributed by atoms with Crippen molar-refractivity contribution in [3.63, 3.8) is 0 Å². The van der Waals surface area contributed by atoms with E-state index in [1.54, 1.807) is 0 Å². The van der Waals surface area contributed by atoms with Gasteiger partial charge in [-0.3, -0.25) is 0 Å². The van der Waals surface area contributed by atoms with Crippen molar-refractivity contribution in [2.24, 2.45) is 0 Å². The van der Waals surface area contributed by atoms with Crippen LogP contribution in [0.25, 0.3) is 0 Å². The number of ether oxygens (including phenoxy) is 2. The van der Waals surface area contributed by atoms with E-state index in [1.165, 1.54) is 6.42 Å². The summed E-state index contributed by atoms with van der Waals surface area (Å²) in [6.07, 6.45) is 4.42. The van der Waals surface area contributed by atoms with Gasteiger partial charge in [0.1, 0.15) is 11.5 Å². The Labute approximate surface area is 179 Å². The van der Waals surface area contributed by atoms with Crippen LogP contribution < -0.4 is 14.8 Å². The van der Waals surface area contributed by atoms with Gasteiger partial charge in [-0.05, 0) is 45.4 Å². The first kappa shape index (κ1) is 25.6. The third-order valence-corrected chi connectivity index (χ3v) is 5.30. The van der Waals surface area contributed by atoms with Crippen molar-refractivity contribution in [1.29, 1.82) is 0 Å². The van der Waals surface area contributed by atoms with Crippen molar-refractivity contribution >= 4 is 5.69 Å². The Hall–Kier alpha value is -1.46. The fourth-order valence-electron chi connectivity index (χ4n) is 3.29. The standard InChI is InChI=1S/C24H45N3O2/c1-6-11-14-25-22-19-23(28-17-12-15-26(7-2)8-3)21-24(20-22)29-18-13-16-27(9-4)10-5/h19-21,25H,6-18H2,1-5H3. The third kappa shape index (κ3) is 11.3. The summed E-state index contributed by atoms with van der Waals surface area (Å²) in [6.45, 7) is 20.0. The first-order valence-corrected chi connectivity index (χ1v) is 11.8. The van der Waals surface area contributed by atoms with Gasteiger partial charge in [-0.2, -0.15) is 0 Å². The van der Waals surface area contributed by atoms with E-state index in [4.69, 9.17) is 9.47 Å². The second kappa shape index (κ2) is 16.3. The van der Waals surface area contributed by atoms with E-state index in [-0.39, 0.29) is 0 Å². The zero-order valence-electron chi connectivity index (χ0n) is 19.6. The molecule has 0 bridgehead atoms. The molecule has 0 unspecified atom stereocenters. The molecular formula is C24H45N3O2. The maximum atomic E-state index is 6.06. The molecule has 0 fully saturated rings. The Balaban J connectivity index is 2.58. The molecule has 0 aliphatic rings. The molecule has 29 heavy (non-hydrogen) atoms. The zero-order valence-corrected chi connectivity index (χ0v) is 19.6. The lowest BCUT2D eigenvalue weighted by Gasteiger charge is -2.19. The monoisotopic (exact) mass is 407 g/mol. The topological polar surface area (TPSA) is 37.0 Å². The number of hydrogen-bond donors (Lipinski definition) is 1. The van der Waals surface area contributed by atoms with Crippen LogP contribution in [0.5, 0.6) is 11.5 Å². The second-order valence-electron chi connectivity index (χ2n) is 7.43. The van der Waals surface area contributed by atoms with Crippen LogP contribution in [0.15, 0.2) is 18.2 Å². The highest BCUT2D eigenvalue weighted by Gasteiger charge is 2.06. The minimum Gasteiger partial charge on any atom is -0.493 e. The van der Waals surface area contributed by atoms with E-state index >= 15 is 0 Å². The van der Waals surface area contributed by atoms with Crippen LogP contribution in [-0.2, 0) is 0 Å². The van der Waals surface area contributed by atoms with Crippen LogP contribution in [-0.4, -0.2) is 68.8 Å². The van der Waals surface area contributed by atoms with Crippen molar-refractivity contribution in [1.82, 2.24) is 9.80 Å². The van der Waals surface area contributed by atoms with Gasteiger partial charge in [0.2, 0.25) is 0 Å². The van der Waals surface area contributed by atoms with Gasteiger partial charge in [-0.1, -0.05) is 41.0 Å². The number of benzene rings is 1. The molecule has 1 aromatic carbocycles. The molecule has 1 N–H and O–H groups in total. The highest BCUT2D eigenvalue weighted by atomic mass is 16.5. The molecule has 168 valence electrons. The number of anilines is 1. The van der Waals surface area contributed by atoms with Crippen LogP contribution in [0.2, 0.25) is 0 Å². The van der Waals surface area contributed by atoms with Crippen LogP contribution in [0.4, 0.5) is 5.69 Å². The molecule has 0 saturated carbocycles. The first-order chi connectivity index (χ1) is 14.2. The summed E-state index contributed by atoms with van der Waals surface area (Å²) < 4.78 is 12.1. The summed E-state index contributed by atoms with van der Waals surface area (Å²) in [7, 11) is 0. The van der Waals surface area contributed by atoms with Gasteiger partial charge in [0.15, 0.2) is 0 Å². The molecular weight excluding hydrogens is 362 g/mol. The largest absolute Gasteiger partial charge is 0.493 e. The smallest absolute Gasteiger partial charge is 0.125 e. The molecule has 0 amide bonds. The lowest BCUT2D eigenvalue weighted by atomic mass is 10.2. The van der Waals surface area contributed by atoms with Gasteiger partial charge in [0, 0.05) is 43.5 Å². The normalized spacial score (nSPS) is 11.3.